The normalized spacial score (nSPS) is 22.8. The van der Waals surface area contributed by atoms with Crippen LogP contribution in [0.2, 0.25) is 5.02 Å². The fourth-order valence-corrected chi connectivity index (χ4v) is 3.65. The molecule has 1 amide bonds. The molecule has 1 aliphatic rings. The van der Waals surface area contributed by atoms with Gasteiger partial charge in [0, 0.05) is 18.0 Å². The van der Waals surface area contributed by atoms with Crippen LogP contribution >= 0.6 is 35.8 Å². The molecule has 0 aliphatic carbocycles. The van der Waals surface area contributed by atoms with Crippen molar-refractivity contribution in [3.05, 3.63) is 29.3 Å². The van der Waals surface area contributed by atoms with Crippen molar-refractivity contribution in [1.82, 2.24) is 4.90 Å². The molecule has 1 fully saturated rings. The third-order valence-corrected chi connectivity index (χ3v) is 5.46. The van der Waals surface area contributed by atoms with Crippen molar-refractivity contribution in [2.45, 2.75) is 30.4 Å². The van der Waals surface area contributed by atoms with E-state index in [0.29, 0.717) is 11.6 Å². The number of amides is 1. The van der Waals surface area contributed by atoms with Crippen molar-refractivity contribution < 1.29 is 4.79 Å². The summed E-state index contributed by atoms with van der Waals surface area (Å²) in [6, 6.07) is 7.63. The van der Waals surface area contributed by atoms with Gasteiger partial charge in [-0.3, -0.25) is 4.79 Å². The molecule has 0 saturated carbocycles. The third-order valence-electron chi connectivity index (χ3n) is 3.85. The predicted molar refractivity (Wildman–Crippen MR) is 92.4 cm³/mol. The molecule has 1 saturated heterocycles. The average Bonchev–Trinajstić information content (AvgIpc) is 2.84. The van der Waals surface area contributed by atoms with Crippen molar-refractivity contribution in [1.29, 1.82) is 0 Å². The molecule has 2 unspecified atom stereocenters. The number of hydrogen-bond donors (Lipinski definition) is 1. The second-order valence-electron chi connectivity index (χ2n) is 5.72. The van der Waals surface area contributed by atoms with Gasteiger partial charge in [0.05, 0.1) is 10.3 Å². The maximum atomic E-state index is 12.5. The van der Waals surface area contributed by atoms with E-state index in [1.807, 2.05) is 36.1 Å². The number of rotatable bonds is 4. The molecule has 21 heavy (non-hydrogen) atoms. The van der Waals surface area contributed by atoms with E-state index in [1.165, 1.54) is 11.8 Å². The van der Waals surface area contributed by atoms with Gasteiger partial charge in [0.25, 0.3) is 0 Å². The number of benzene rings is 1. The molecule has 6 heteroatoms. The highest BCUT2D eigenvalue weighted by molar-refractivity contribution is 8.00. The van der Waals surface area contributed by atoms with Gasteiger partial charge in [-0.25, -0.2) is 0 Å². The van der Waals surface area contributed by atoms with E-state index in [4.69, 9.17) is 17.3 Å². The second-order valence-corrected chi connectivity index (χ2v) is 7.50. The van der Waals surface area contributed by atoms with Gasteiger partial charge in [0.1, 0.15) is 0 Å². The maximum absolute atomic E-state index is 12.5. The largest absolute Gasteiger partial charge is 0.341 e. The molecule has 2 N–H and O–H groups in total. The summed E-state index contributed by atoms with van der Waals surface area (Å²) >= 11 is 7.66. The summed E-state index contributed by atoms with van der Waals surface area (Å²) in [5.74, 6) is 0.173. The Morgan fingerprint density at radius 2 is 2.19 bits per heavy atom. The van der Waals surface area contributed by atoms with E-state index >= 15 is 0 Å². The lowest BCUT2D eigenvalue weighted by Gasteiger charge is -2.24. The highest BCUT2D eigenvalue weighted by Gasteiger charge is 2.36. The minimum atomic E-state index is -0.130. The Morgan fingerprint density at radius 1 is 1.52 bits per heavy atom. The Morgan fingerprint density at radius 3 is 2.76 bits per heavy atom. The molecule has 1 aliphatic heterocycles. The van der Waals surface area contributed by atoms with Crippen molar-refractivity contribution in [2.75, 3.05) is 19.6 Å². The zero-order valence-electron chi connectivity index (χ0n) is 12.3. The van der Waals surface area contributed by atoms with Crippen molar-refractivity contribution in [3.8, 4) is 0 Å². The standard InChI is InChI=1S/C15H21ClN2OS.ClH/c1-11(20-13-6-4-3-5-12(13)16)14(19)18-8-7-15(2,9-17)10-18;/h3-6,11H,7-10,17H2,1-2H3;1H. The highest BCUT2D eigenvalue weighted by atomic mass is 35.5. The first-order chi connectivity index (χ1) is 9.45. The lowest BCUT2D eigenvalue weighted by Crippen LogP contribution is -2.38. The summed E-state index contributed by atoms with van der Waals surface area (Å²) in [4.78, 5) is 15.4. The molecule has 2 atom stereocenters. The number of halogens is 2. The second kappa shape index (κ2) is 7.73. The predicted octanol–water partition coefficient (Wildman–Crippen LogP) is 3.44. The van der Waals surface area contributed by atoms with Gasteiger partial charge in [0.2, 0.25) is 5.91 Å². The first kappa shape index (κ1) is 18.6. The van der Waals surface area contributed by atoms with E-state index in [0.717, 1.165) is 24.4 Å². The van der Waals surface area contributed by atoms with Gasteiger partial charge in [-0.1, -0.05) is 30.7 Å². The summed E-state index contributed by atoms with van der Waals surface area (Å²) < 4.78 is 0. The van der Waals surface area contributed by atoms with Crippen LogP contribution in [0.5, 0.6) is 0 Å². The number of thioether (sulfide) groups is 1. The molecule has 0 aromatic heterocycles. The van der Waals surface area contributed by atoms with E-state index in [-0.39, 0.29) is 29.0 Å². The number of nitrogens with two attached hydrogens (primary N) is 1. The molecule has 1 heterocycles. The van der Waals surface area contributed by atoms with Crippen LogP contribution in [-0.2, 0) is 4.79 Å². The first-order valence-electron chi connectivity index (χ1n) is 6.85. The lowest BCUT2D eigenvalue weighted by molar-refractivity contribution is -0.129. The summed E-state index contributed by atoms with van der Waals surface area (Å²) in [6.45, 7) is 6.28. The molecular formula is C15H22Cl2N2OS. The molecule has 0 radical (unpaired) electrons. The number of nitrogens with zero attached hydrogens (tertiary/aromatic N) is 1. The smallest absolute Gasteiger partial charge is 0.235 e. The quantitative estimate of drug-likeness (QED) is 0.847. The summed E-state index contributed by atoms with van der Waals surface area (Å²) in [5.41, 5.74) is 5.86. The average molecular weight is 349 g/mol. The Kier molecular flexibility index (Phi) is 6.85. The molecule has 1 aromatic rings. The fraction of sp³-hybridized carbons (Fsp3) is 0.533. The molecule has 2 rings (SSSR count). The zero-order valence-corrected chi connectivity index (χ0v) is 14.7. The van der Waals surface area contributed by atoms with Gasteiger partial charge in [-0.2, -0.15) is 0 Å². The molecule has 1 aromatic carbocycles. The van der Waals surface area contributed by atoms with E-state index in [2.05, 4.69) is 6.92 Å². The molecule has 118 valence electrons. The molecule has 0 bridgehead atoms. The topological polar surface area (TPSA) is 46.3 Å². The van der Waals surface area contributed by atoms with Crippen molar-refractivity contribution >= 4 is 41.7 Å². The Hall–Kier alpha value is -0.420. The zero-order chi connectivity index (χ0) is 14.8. The molecular weight excluding hydrogens is 327 g/mol. The number of carbonyl (C=O) groups is 1. The van der Waals surface area contributed by atoms with Crippen LogP contribution in [0.25, 0.3) is 0 Å². The minimum Gasteiger partial charge on any atom is -0.341 e. The van der Waals surface area contributed by atoms with Crippen molar-refractivity contribution in [2.24, 2.45) is 11.1 Å². The van der Waals surface area contributed by atoms with Crippen LogP contribution < -0.4 is 5.73 Å². The summed E-state index contributed by atoms with van der Waals surface area (Å²) in [7, 11) is 0. The monoisotopic (exact) mass is 348 g/mol. The number of carbonyl (C=O) groups excluding carboxylic acids is 1. The van der Waals surface area contributed by atoms with Gasteiger partial charge in [-0.15, -0.1) is 24.2 Å². The van der Waals surface area contributed by atoms with Crippen molar-refractivity contribution in [3.63, 3.8) is 0 Å². The fourth-order valence-electron chi connectivity index (χ4n) is 2.42. The van der Waals surface area contributed by atoms with Gasteiger partial charge in [0.15, 0.2) is 0 Å². The highest BCUT2D eigenvalue weighted by Crippen LogP contribution is 2.33. The van der Waals surface area contributed by atoms with Gasteiger partial charge < -0.3 is 10.6 Å². The third kappa shape index (κ3) is 4.52. The van der Waals surface area contributed by atoms with Crippen LogP contribution in [0, 0.1) is 5.41 Å². The van der Waals surface area contributed by atoms with E-state index in [9.17, 15) is 4.79 Å². The summed E-state index contributed by atoms with van der Waals surface area (Å²) in [5, 5.41) is 0.570. The van der Waals surface area contributed by atoms with Crippen LogP contribution in [0.15, 0.2) is 29.2 Å². The van der Waals surface area contributed by atoms with Gasteiger partial charge in [-0.05, 0) is 37.4 Å². The Bertz CT molecular complexity index is 500. The SMILES string of the molecule is CC(Sc1ccccc1Cl)C(=O)N1CCC(C)(CN)C1.Cl. The molecule has 3 nitrogen and oxygen atoms in total. The number of likely N-dealkylation sites (tertiary alicyclic amines) is 1. The first-order valence-corrected chi connectivity index (χ1v) is 8.11. The number of hydrogen-bond acceptors (Lipinski definition) is 3. The van der Waals surface area contributed by atoms with Crippen LogP contribution in [-0.4, -0.2) is 35.7 Å². The van der Waals surface area contributed by atoms with Crippen LogP contribution in [0.3, 0.4) is 0 Å². The summed E-state index contributed by atoms with van der Waals surface area (Å²) in [6.07, 6.45) is 0.985. The maximum Gasteiger partial charge on any atom is 0.235 e. The van der Waals surface area contributed by atoms with Gasteiger partial charge >= 0.3 is 0 Å². The van der Waals surface area contributed by atoms with E-state index in [1.54, 1.807) is 0 Å². The lowest BCUT2D eigenvalue weighted by atomic mass is 9.90. The Labute approximate surface area is 142 Å². The van der Waals surface area contributed by atoms with E-state index < -0.39 is 0 Å². The molecule has 0 spiro atoms. The van der Waals surface area contributed by atoms with Crippen LogP contribution in [0.4, 0.5) is 0 Å². The van der Waals surface area contributed by atoms with Crippen LogP contribution in [0.1, 0.15) is 20.3 Å². The minimum absolute atomic E-state index is 0. The Balaban J connectivity index is 0.00000220.